The van der Waals surface area contributed by atoms with Crippen molar-refractivity contribution in [3.05, 3.63) is 0 Å². The number of ether oxygens (including phenoxy) is 1. The number of hydrogen-bond acceptors (Lipinski definition) is 5. The number of sulfone groups is 1. The molecule has 0 aromatic heterocycles. The number of hydrogen-bond donors (Lipinski definition) is 2. The van der Waals surface area contributed by atoms with Crippen molar-refractivity contribution in [1.82, 2.24) is 0 Å². The van der Waals surface area contributed by atoms with Crippen LogP contribution in [0.15, 0.2) is 0 Å². The SMILES string of the molecule is O=C(O)C1CCC(O)(CS(=O)(=O)CC2CCCO2)CC1. The highest BCUT2D eigenvalue weighted by molar-refractivity contribution is 7.91. The average molecular weight is 306 g/mol. The Balaban J connectivity index is 1.89. The van der Waals surface area contributed by atoms with E-state index in [-0.39, 0.29) is 30.5 Å². The van der Waals surface area contributed by atoms with Crippen LogP contribution in [0.5, 0.6) is 0 Å². The largest absolute Gasteiger partial charge is 0.481 e. The van der Waals surface area contributed by atoms with E-state index in [2.05, 4.69) is 0 Å². The maximum absolute atomic E-state index is 12.1. The third-order valence-electron chi connectivity index (χ3n) is 4.22. The second-order valence-electron chi connectivity index (χ2n) is 6.03. The van der Waals surface area contributed by atoms with E-state index in [1.54, 1.807) is 0 Å². The van der Waals surface area contributed by atoms with Crippen LogP contribution in [0.25, 0.3) is 0 Å². The number of aliphatic hydroxyl groups is 1. The number of rotatable bonds is 5. The molecule has 1 saturated carbocycles. The van der Waals surface area contributed by atoms with Gasteiger partial charge in [0.15, 0.2) is 9.84 Å². The van der Waals surface area contributed by atoms with Crippen molar-refractivity contribution < 1.29 is 28.2 Å². The van der Waals surface area contributed by atoms with Gasteiger partial charge >= 0.3 is 5.97 Å². The summed E-state index contributed by atoms with van der Waals surface area (Å²) in [5.74, 6) is -1.66. The van der Waals surface area contributed by atoms with Gasteiger partial charge in [0.25, 0.3) is 0 Å². The van der Waals surface area contributed by atoms with Gasteiger partial charge in [-0.25, -0.2) is 8.42 Å². The molecule has 1 aliphatic carbocycles. The maximum Gasteiger partial charge on any atom is 0.306 e. The van der Waals surface area contributed by atoms with Crippen molar-refractivity contribution in [1.29, 1.82) is 0 Å². The Bertz CT molecular complexity index is 443. The molecular weight excluding hydrogens is 284 g/mol. The highest BCUT2D eigenvalue weighted by Crippen LogP contribution is 2.33. The Labute approximate surface area is 119 Å². The average Bonchev–Trinajstić information content (AvgIpc) is 2.79. The molecule has 6 nitrogen and oxygen atoms in total. The number of aliphatic carboxylic acids is 1. The highest BCUT2D eigenvalue weighted by atomic mass is 32.2. The first-order valence-corrected chi connectivity index (χ1v) is 8.89. The van der Waals surface area contributed by atoms with Gasteiger partial charge in [-0.05, 0) is 38.5 Å². The summed E-state index contributed by atoms with van der Waals surface area (Å²) in [6.45, 7) is 0.602. The predicted molar refractivity (Wildman–Crippen MR) is 72.2 cm³/mol. The van der Waals surface area contributed by atoms with Crippen LogP contribution in [-0.4, -0.2) is 54.4 Å². The monoisotopic (exact) mass is 306 g/mol. The Kier molecular flexibility index (Phi) is 4.71. The van der Waals surface area contributed by atoms with Crippen molar-refractivity contribution in [3.63, 3.8) is 0 Å². The van der Waals surface area contributed by atoms with Gasteiger partial charge in [-0.1, -0.05) is 0 Å². The van der Waals surface area contributed by atoms with Gasteiger partial charge in [0.2, 0.25) is 0 Å². The van der Waals surface area contributed by atoms with Crippen molar-refractivity contribution in [2.45, 2.75) is 50.2 Å². The lowest BCUT2D eigenvalue weighted by Gasteiger charge is -2.34. The van der Waals surface area contributed by atoms with Crippen LogP contribution in [0.3, 0.4) is 0 Å². The molecule has 20 heavy (non-hydrogen) atoms. The van der Waals surface area contributed by atoms with Crippen LogP contribution in [0.4, 0.5) is 0 Å². The minimum atomic E-state index is -3.38. The standard InChI is InChI=1S/C13H22O6S/c14-12(15)10-3-5-13(16,6-4-10)9-20(17,18)8-11-2-1-7-19-11/h10-11,16H,1-9H2,(H,14,15). The summed E-state index contributed by atoms with van der Waals surface area (Å²) >= 11 is 0. The summed E-state index contributed by atoms with van der Waals surface area (Å²) in [6.07, 6.45) is 2.51. The summed E-state index contributed by atoms with van der Waals surface area (Å²) in [4.78, 5) is 10.9. The van der Waals surface area contributed by atoms with Gasteiger partial charge in [0.1, 0.15) is 0 Å². The fourth-order valence-corrected chi connectivity index (χ4v) is 5.13. The first kappa shape index (κ1) is 15.7. The quantitative estimate of drug-likeness (QED) is 0.771. The summed E-state index contributed by atoms with van der Waals surface area (Å²) in [6, 6.07) is 0. The summed E-state index contributed by atoms with van der Waals surface area (Å²) in [5, 5.41) is 19.3. The van der Waals surface area contributed by atoms with Gasteiger partial charge in [0.05, 0.1) is 29.1 Å². The van der Waals surface area contributed by atoms with Crippen LogP contribution in [0, 0.1) is 5.92 Å². The molecule has 2 aliphatic rings. The number of carboxylic acid groups (broad SMARTS) is 1. The summed E-state index contributed by atoms with van der Waals surface area (Å²) < 4.78 is 29.6. The third kappa shape index (κ3) is 4.17. The summed E-state index contributed by atoms with van der Waals surface area (Å²) in [7, 11) is -3.38. The van der Waals surface area contributed by atoms with Gasteiger partial charge in [-0.2, -0.15) is 0 Å². The molecule has 1 heterocycles. The zero-order chi connectivity index (χ0) is 14.8. The molecule has 0 amide bonds. The number of carbonyl (C=O) groups is 1. The van der Waals surface area contributed by atoms with E-state index in [1.807, 2.05) is 0 Å². The molecule has 1 unspecified atom stereocenters. The van der Waals surface area contributed by atoms with E-state index in [4.69, 9.17) is 9.84 Å². The molecule has 0 aromatic rings. The zero-order valence-corrected chi connectivity index (χ0v) is 12.3. The first-order chi connectivity index (χ1) is 9.30. The molecule has 0 bridgehead atoms. The lowest BCUT2D eigenvalue weighted by molar-refractivity contribution is -0.144. The van der Waals surface area contributed by atoms with E-state index < -0.39 is 27.3 Å². The topological polar surface area (TPSA) is 101 Å². The van der Waals surface area contributed by atoms with E-state index in [1.165, 1.54) is 0 Å². The number of carboxylic acids is 1. The molecule has 0 aromatic carbocycles. The van der Waals surface area contributed by atoms with Crippen LogP contribution < -0.4 is 0 Å². The summed E-state index contributed by atoms with van der Waals surface area (Å²) in [5.41, 5.74) is -1.27. The smallest absolute Gasteiger partial charge is 0.306 e. The molecule has 116 valence electrons. The van der Waals surface area contributed by atoms with E-state index >= 15 is 0 Å². The van der Waals surface area contributed by atoms with Crippen molar-refractivity contribution >= 4 is 15.8 Å². The van der Waals surface area contributed by atoms with Crippen LogP contribution >= 0.6 is 0 Å². The lowest BCUT2D eigenvalue weighted by atomic mass is 9.80. The molecule has 1 atom stereocenters. The van der Waals surface area contributed by atoms with Gasteiger partial charge < -0.3 is 14.9 Å². The molecule has 2 rings (SSSR count). The Morgan fingerprint density at radius 3 is 2.40 bits per heavy atom. The molecule has 0 spiro atoms. The van der Waals surface area contributed by atoms with E-state index in [0.29, 0.717) is 19.4 Å². The third-order valence-corrected chi connectivity index (χ3v) is 6.07. The zero-order valence-electron chi connectivity index (χ0n) is 11.5. The van der Waals surface area contributed by atoms with E-state index in [0.717, 1.165) is 12.8 Å². The molecule has 2 fully saturated rings. The normalized spacial score (nSPS) is 35.0. The lowest BCUT2D eigenvalue weighted by Crippen LogP contribution is -2.43. The van der Waals surface area contributed by atoms with Crippen LogP contribution in [0.2, 0.25) is 0 Å². The molecule has 2 N–H and O–H groups in total. The first-order valence-electron chi connectivity index (χ1n) is 7.07. The van der Waals surface area contributed by atoms with Gasteiger partial charge in [-0.3, -0.25) is 4.79 Å². The fourth-order valence-electron chi connectivity index (χ4n) is 3.07. The van der Waals surface area contributed by atoms with Crippen molar-refractivity contribution in [2.75, 3.05) is 18.1 Å². The highest BCUT2D eigenvalue weighted by Gasteiger charge is 2.39. The molecule has 7 heteroatoms. The van der Waals surface area contributed by atoms with Crippen LogP contribution in [-0.2, 0) is 19.4 Å². The maximum atomic E-state index is 12.1. The minimum absolute atomic E-state index is 0.0440. The van der Waals surface area contributed by atoms with Gasteiger partial charge in [-0.15, -0.1) is 0 Å². The molecule has 1 aliphatic heterocycles. The van der Waals surface area contributed by atoms with Gasteiger partial charge in [0, 0.05) is 6.61 Å². The molecule has 0 radical (unpaired) electrons. The molecular formula is C13H22O6S. The minimum Gasteiger partial charge on any atom is -0.481 e. The van der Waals surface area contributed by atoms with Crippen molar-refractivity contribution in [3.8, 4) is 0 Å². The van der Waals surface area contributed by atoms with E-state index in [9.17, 15) is 18.3 Å². The second kappa shape index (κ2) is 5.99. The Hall–Kier alpha value is -0.660. The van der Waals surface area contributed by atoms with Crippen molar-refractivity contribution in [2.24, 2.45) is 5.92 Å². The van der Waals surface area contributed by atoms with Crippen LogP contribution in [0.1, 0.15) is 38.5 Å². The Morgan fingerprint density at radius 2 is 1.90 bits per heavy atom. The molecule has 1 saturated heterocycles. The fraction of sp³-hybridized carbons (Fsp3) is 0.923. The second-order valence-corrected chi connectivity index (χ2v) is 8.14. The Morgan fingerprint density at radius 1 is 1.25 bits per heavy atom. The predicted octanol–water partition coefficient (Wildman–Crippen LogP) is 0.586.